The molecule has 3 aromatic carbocycles. The number of ether oxygens (including phenoxy) is 1. The topological polar surface area (TPSA) is 57.0 Å². The Morgan fingerprint density at radius 1 is 0.935 bits per heavy atom. The van der Waals surface area contributed by atoms with E-state index in [-0.39, 0.29) is 11.5 Å². The smallest absolute Gasteiger partial charge is 0.196 e. The van der Waals surface area contributed by atoms with Crippen molar-refractivity contribution in [3.8, 4) is 11.4 Å². The molecule has 0 saturated carbocycles. The van der Waals surface area contributed by atoms with Gasteiger partial charge in [-0.05, 0) is 24.6 Å². The Labute approximate surface area is 186 Å². The van der Waals surface area contributed by atoms with E-state index in [0.717, 1.165) is 28.4 Å². The van der Waals surface area contributed by atoms with Gasteiger partial charge in [0.1, 0.15) is 11.6 Å². The molecule has 0 aliphatic carbocycles. The second kappa shape index (κ2) is 9.62. The van der Waals surface area contributed by atoms with E-state index < -0.39 is 0 Å². The highest BCUT2D eigenvalue weighted by atomic mass is 32.2. The van der Waals surface area contributed by atoms with Gasteiger partial charge in [0.25, 0.3) is 0 Å². The fourth-order valence-electron chi connectivity index (χ4n) is 3.30. The number of Topliss-reactive ketones (excluding diaryl/α,β-unsaturated/α-hetero) is 1. The van der Waals surface area contributed by atoms with Gasteiger partial charge in [-0.1, -0.05) is 84.1 Å². The van der Waals surface area contributed by atoms with E-state index in [2.05, 4.69) is 22.3 Å². The van der Waals surface area contributed by atoms with Gasteiger partial charge < -0.3 is 4.74 Å². The Bertz CT molecular complexity index is 1170. The number of aryl methyl sites for hydroxylation is 1. The second-order valence-electron chi connectivity index (χ2n) is 7.15. The maximum Gasteiger partial charge on any atom is 0.196 e. The highest BCUT2D eigenvalue weighted by Crippen LogP contribution is 2.29. The fraction of sp³-hybridized carbons (Fsp3) is 0.160. The molecule has 31 heavy (non-hydrogen) atoms. The quantitative estimate of drug-likeness (QED) is 0.286. The molecule has 0 N–H and O–H groups in total. The Balaban J connectivity index is 1.65. The lowest BCUT2D eigenvalue weighted by molar-refractivity contribution is 0.102. The third kappa shape index (κ3) is 4.86. The van der Waals surface area contributed by atoms with Gasteiger partial charge in [-0.25, -0.2) is 0 Å². The van der Waals surface area contributed by atoms with Crippen molar-refractivity contribution in [1.29, 1.82) is 0 Å². The van der Waals surface area contributed by atoms with Crippen LogP contribution in [0.5, 0.6) is 5.75 Å². The van der Waals surface area contributed by atoms with E-state index in [1.54, 1.807) is 7.11 Å². The number of nitrogens with zero attached hydrogens (tertiary/aromatic N) is 3. The van der Waals surface area contributed by atoms with Crippen molar-refractivity contribution in [3.63, 3.8) is 0 Å². The third-order valence-electron chi connectivity index (χ3n) is 4.94. The maximum atomic E-state index is 12.7. The SMILES string of the molecule is COc1ccccc1-n1c(Cc2ccccc2)nnc1SCC(=O)c1ccc(C)cc1. The summed E-state index contributed by atoms with van der Waals surface area (Å²) in [5, 5.41) is 9.53. The van der Waals surface area contributed by atoms with Crippen molar-refractivity contribution < 1.29 is 9.53 Å². The summed E-state index contributed by atoms with van der Waals surface area (Å²) in [6.45, 7) is 2.01. The third-order valence-corrected chi connectivity index (χ3v) is 5.87. The van der Waals surface area contributed by atoms with E-state index in [9.17, 15) is 4.79 Å². The van der Waals surface area contributed by atoms with Crippen LogP contribution in [-0.4, -0.2) is 33.4 Å². The molecular weight excluding hydrogens is 406 g/mol. The van der Waals surface area contributed by atoms with Gasteiger partial charge in [-0.3, -0.25) is 9.36 Å². The van der Waals surface area contributed by atoms with Crippen LogP contribution in [-0.2, 0) is 6.42 Å². The average Bonchev–Trinajstić information content (AvgIpc) is 3.20. The highest BCUT2D eigenvalue weighted by molar-refractivity contribution is 7.99. The van der Waals surface area contributed by atoms with Crippen LogP contribution >= 0.6 is 11.8 Å². The van der Waals surface area contributed by atoms with Crippen LogP contribution in [0.25, 0.3) is 5.69 Å². The Morgan fingerprint density at radius 2 is 1.65 bits per heavy atom. The van der Waals surface area contributed by atoms with E-state index >= 15 is 0 Å². The Morgan fingerprint density at radius 3 is 2.39 bits per heavy atom. The second-order valence-corrected chi connectivity index (χ2v) is 8.09. The molecule has 0 amide bonds. The number of para-hydroxylation sites is 2. The molecule has 1 aromatic heterocycles. The van der Waals surface area contributed by atoms with Gasteiger partial charge >= 0.3 is 0 Å². The van der Waals surface area contributed by atoms with Gasteiger partial charge in [-0.15, -0.1) is 10.2 Å². The number of carbonyl (C=O) groups excluding carboxylic acids is 1. The molecule has 0 atom stereocenters. The largest absolute Gasteiger partial charge is 0.495 e. The Kier molecular flexibility index (Phi) is 6.48. The minimum absolute atomic E-state index is 0.0594. The van der Waals surface area contributed by atoms with E-state index in [1.807, 2.05) is 78.2 Å². The van der Waals surface area contributed by atoms with Crippen LogP contribution in [0.3, 0.4) is 0 Å². The summed E-state index contributed by atoms with van der Waals surface area (Å²) in [5.74, 6) is 1.86. The molecule has 0 saturated heterocycles. The molecule has 0 unspecified atom stereocenters. The van der Waals surface area contributed by atoms with Crippen LogP contribution in [0.2, 0.25) is 0 Å². The number of aromatic nitrogens is 3. The monoisotopic (exact) mass is 429 g/mol. The van der Waals surface area contributed by atoms with Crippen LogP contribution in [0.4, 0.5) is 0 Å². The minimum Gasteiger partial charge on any atom is -0.495 e. The van der Waals surface area contributed by atoms with Crippen molar-refractivity contribution in [2.75, 3.05) is 12.9 Å². The molecule has 0 bridgehead atoms. The Hall–Kier alpha value is -3.38. The number of rotatable bonds is 8. The molecule has 0 spiro atoms. The molecule has 1 heterocycles. The molecule has 0 aliphatic heterocycles. The predicted octanol–water partition coefficient (Wildman–Crippen LogP) is 5.15. The van der Waals surface area contributed by atoms with Crippen molar-refractivity contribution in [3.05, 3.63) is 101 Å². The number of benzene rings is 3. The normalized spacial score (nSPS) is 10.8. The van der Waals surface area contributed by atoms with E-state index in [1.165, 1.54) is 11.8 Å². The summed E-state index contributed by atoms with van der Waals surface area (Å²) in [5.41, 5.74) is 3.82. The molecule has 4 aromatic rings. The molecule has 0 fully saturated rings. The van der Waals surface area contributed by atoms with Gasteiger partial charge in [0.05, 0.1) is 18.6 Å². The average molecular weight is 430 g/mol. The minimum atomic E-state index is 0.0594. The summed E-state index contributed by atoms with van der Waals surface area (Å²) >= 11 is 1.38. The molecule has 5 nitrogen and oxygen atoms in total. The standard InChI is InChI=1S/C25H23N3O2S/c1-18-12-14-20(15-13-18)22(29)17-31-25-27-26-24(16-19-8-4-3-5-9-19)28(25)21-10-6-7-11-23(21)30-2/h3-15H,16-17H2,1-2H3. The van der Waals surface area contributed by atoms with E-state index in [4.69, 9.17) is 4.74 Å². The van der Waals surface area contributed by atoms with Crippen molar-refractivity contribution in [1.82, 2.24) is 14.8 Å². The lowest BCUT2D eigenvalue weighted by Gasteiger charge is -2.13. The predicted molar refractivity (Wildman–Crippen MR) is 123 cm³/mol. The van der Waals surface area contributed by atoms with Gasteiger partial charge in [-0.2, -0.15) is 0 Å². The summed E-state index contributed by atoms with van der Waals surface area (Å²) < 4.78 is 7.57. The molecular formula is C25H23N3O2S. The number of carbonyl (C=O) groups is 1. The summed E-state index contributed by atoms with van der Waals surface area (Å²) in [7, 11) is 1.65. The zero-order valence-corrected chi connectivity index (χ0v) is 18.3. The highest BCUT2D eigenvalue weighted by Gasteiger charge is 2.19. The van der Waals surface area contributed by atoms with E-state index in [0.29, 0.717) is 17.1 Å². The van der Waals surface area contributed by atoms with Crippen LogP contribution in [0, 0.1) is 6.92 Å². The van der Waals surface area contributed by atoms with Gasteiger partial charge in [0.2, 0.25) is 0 Å². The summed E-state index contributed by atoms with van der Waals surface area (Å²) in [6.07, 6.45) is 0.623. The molecule has 0 radical (unpaired) electrons. The van der Waals surface area contributed by atoms with Crippen molar-refractivity contribution in [2.24, 2.45) is 0 Å². The zero-order chi connectivity index (χ0) is 21.6. The van der Waals surface area contributed by atoms with Gasteiger partial charge in [0.15, 0.2) is 10.9 Å². The molecule has 0 aliphatic rings. The number of methoxy groups -OCH3 is 1. The molecule has 156 valence electrons. The first kappa shape index (κ1) is 20.9. The maximum absolute atomic E-state index is 12.7. The van der Waals surface area contributed by atoms with Crippen LogP contribution < -0.4 is 4.74 Å². The number of thioether (sulfide) groups is 1. The van der Waals surface area contributed by atoms with Crippen molar-refractivity contribution >= 4 is 17.5 Å². The number of hydrogen-bond donors (Lipinski definition) is 0. The fourth-order valence-corrected chi connectivity index (χ4v) is 4.15. The number of hydrogen-bond acceptors (Lipinski definition) is 5. The lowest BCUT2D eigenvalue weighted by Crippen LogP contribution is -2.07. The first-order chi connectivity index (χ1) is 15.2. The van der Waals surface area contributed by atoms with Gasteiger partial charge in [0, 0.05) is 12.0 Å². The summed E-state index contributed by atoms with van der Waals surface area (Å²) in [4.78, 5) is 12.7. The van der Waals surface area contributed by atoms with Crippen LogP contribution in [0.15, 0.2) is 84.0 Å². The van der Waals surface area contributed by atoms with Crippen LogP contribution in [0.1, 0.15) is 27.3 Å². The lowest BCUT2D eigenvalue weighted by atomic mass is 10.1. The van der Waals surface area contributed by atoms with Crippen molar-refractivity contribution in [2.45, 2.75) is 18.5 Å². The first-order valence-electron chi connectivity index (χ1n) is 10.00. The number of ketones is 1. The molecule has 6 heteroatoms. The zero-order valence-electron chi connectivity index (χ0n) is 17.5. The molecule has 4 rings (SSSR count). The summed E-state index contributed by atoms with van der Waals surface area (Å²) in [6, 6.07) is 25.5. The first-order valence-corrected chi connectivity index (χ1v) is 11.0.